The SMILES string of the molecule is CC(C)(C)c1nn(-c2ccc(Cl)cc2)c2c1CCN2. The molecule has 1 N–H and O–H groups in total. The third kappa shape index (κ3) is 2.12. The molecule has 0 saturated heterocycles. The fourth-order valence-corrected chi connectivity index (χ4v) is 2.67. The van der Waals surface area contributed by atoms with Crippen LogP contribution in [0.15, 0.2) is 24.3 Å². The van der Waals surface area contributed by atoms with Crippen molar-refractivity contribution in [3.8, 4) is 5.69 Å². The van der Waals surface area contributed by atoms with Gasteiger partial charge in [0.1, 0.15) is 5.82 Å². The first-order valence-electron chi connectivity index (χ1n) is 6.59. The second-order valence-electron chi connectivity index (χ2n) is 5.99. The van der Waals surface area contributed by atoms with Crippen molar-refractivity contribution in [1.82, 2.24) is 9.78 Å². The van der Waals surface area contributed by atoms with Crippen LogP contribution in [0.5, 0.6) is 0 Å². The topological polar surface area (TPSA) is 29.9 Å². The third-order valence-corrected chi connectivity index (χ3v) is 3.68. The van der Waals surface area contributed by atoms with Crippen LogP contribution >= 0.6 is 11.6 Å². The Balaban J connectivity index is 2.15. The van der Waals surface area contributed by atoms with Gasteiger partial charge in [0, 0.05) is 22.5 Å². The van der Waals surface area contributed by atoms with Crippen molar-refractivity contribution in [3.63, 3.8) is 0 Å². The van der Waals surface area contributed by atoms with E-state index in [4.69, 9.17) is 16.7 Å². The van der Waals surface area contributed by atoms with E-state index in [1.165, 1.54) is 11.3 Å². The van der Waals surface area contributed by atoms with E-state index in [9.17, 15) is 0 Å². The van der Waals surface area contributed by atoms with Crippen molar-refractivity contribution >= 4 is 17.4 Å². The summed E-state index contributed by atoms with van der Waals surface area (Å²) in [6.07, 6.45) is 1.05. The Labute approximate surface area is 118 Å². The van der Waals surface area contributed by atoms with Crippen LogP contribution in [-0.2, 0) is 11.8 Å². The van der Waals surface area contributed by atoms with E-state index in [0.29, 0.717) is 0 Å². The van der Waals surface area contributed by atoms with Crippen LogP contribution in [0.3, 0.4) is 0 Å². The first-order chi connectivity index (χ1) is 8.97. The summed E-state index contributed by atoms with van der Waals surface area (Å²) >= 11 is 5.95. The first kappa shape index (κ1) is 12.5. The van der Waals surface area contributed by atoms with Gasteiger partial charge in [0.2, 0.25) is 0 Å². The minimum Gasteiger partial charge on any atom is -0.369 e. The molecule has 3 rings (SSSR count). The number of halogens is 1. The van der Waals surface area contributed by atoms with Crippen LogP contribution in [0.25, 0.3) is 5.69 Å². The first-order valence-corrected chi connectivity index (χ1v) is 6.97. The summed E-state index contributed by atoms with van der Waals surface area (Å²) in [5.74, 6) is 1.13. The number of anilines is 1. The number of aromatic nitrogens is 2. The van der Waals surface area contributed by atoms with Crippen LogP contribution in [-0.4, -0.2) is 16.3 Å². The molecule has 0 aliphatic carbocycles. The zero-order chi connectivity index (χ0) is 13.6. The van der Waals surface area contributed by atoms with Crippen LogP contribution in [0.2, 0.25) is 5.02 Å². The van der Waals surface area contributed by atoms with Gasteiger partial charge in [-0.2, -0.15) is 5.10 Å². The number of hydrogen-bond acceptors (Lipinski definition) is 2. The molecule has 4 heteroatoms. The molecule has 0 atom stereocenters. The van der Waals surface area contributed by atoms with Gasteiger partial charge in [0.25, 0.3) is 0 Å². The summed E-state index contributed by atoms with van der Waals surface area (Å²) in [5, 5.41) is 9.00. The van der Waals surface area contributed by atoms with Crippen LogP contribution in [0.1, 0.15) is 32.0 Å². The van der Waals surface area contributed by atoms with E-state index in [0.717, 1.165) is 29.5 Å². The lowest BCUT2D eigenvalue weighted by Gasteiger charge is -2.16. The molecule has 0 amide bonds. The van der Waals surface area contributed by atoms with Crippen molar-refractivity contribution in [2.24, 2.45) is 0 Å². The minimum atomic E-state index is 0.0633. The summed E-state index contributed by atoms with van der Waals surface area (Å²) < 4.78 is 2.00. The van der Waals surface area contributed by atoms with Crippen molar-refractivity contribution in [2.75, 3.05) is 11.9 Å². The van der Waals surface area contributed by atoms with E-state index in [-0.39, 0.29) is 5.41 Å². The minimum absolute atomic E-state index is 0.0633. The number of hydrogen-bond donors (Lipinski definition) is 1. The molecule has 2 aromatic rings. The maximum Gasteiger partial charge on any atom is 0.133 e. The molecule has 1 aromatic heterocycles. The van der Waals surface area contributed by atoms with Crippen molar-refractivity contribution in [2.45, 2.75) is 32.6 Å². The molecule has 1 aliphatic rings. The number of fused-ring (bicyclic) bond motifs is 1. The highest BCUT2D eigenvalue weighted by atomic mass is 35.5. The predicted molar refractivity (Wildman–Crippen MR) is 79.5 cm³/mol. The maximum atomic E-state index is 5.95. The summed E-state index contributed by atoms with van der Waals surface area (Å²) in [6, 6.07) is 7.80. The molecule has 100 valence electrons. The number of nitrogens with zero attached hydrogens (tertiary/aromatic N) is 2. The smallest absolute Gasteiger partial charge is 0.133 e. The predicted octanol–water partition coefficient (Wildman–Crippen LogP) is 3.79. The lowest BCUT2D eigenvalue weighted by molar-refractivity contribution is 0.554. The van der Waals surface area contributed by atoms with Gasteiger partial charge >= 0.3 is 0 Å². The maximum absolute atomic E-state index is 5.95. The molecule has 3 nitrogen and oxygen atoms in total. The van der Waals surface area contributed by atoms with Gasteiger partial charge in [-0.3, -0.25) is 0 Å². The molecule has 19 heavy (non-hydrogen) atoms. The van der Waals surface area contributed by atoms with E-state index in [2.05, 4.69) is 26.1 Å². The fraction of sp³-hybridized carbons (Fsp3) is 0.400. The fourth-order valence-electron chi connectivity index (χ4n) is 2.55. The van der Waals surface area contributed by atoms with Gasteiger partial charge in [0.05, 0.1) is 11.4 Å². The zero-order valence-corrected chi connectivity index (χ0v) is 12.3. The van der Waals surface area contributed by atoms with Crippen molar-refractivity contribution in [1.29, 1.82) is 0 Å². The molecule has 1 aliphatic heterocycles. The molecular formula is C15H18ClN3. The Bertz CT molecular complexity index is 606. The van der Waals surface area contributed by atoms with E-state index in [1.807, 2.05) is 28.9 Å². The van der Waals surface area contributed by atoms with Crippen LogP contribution < -0.4 is 5.32 Å². The Kier molecular flexibility index (Phi) is 2.82. The van der Waals surface area contributed by atoms with E-state index < -0.39 is 0 Å². The average molecular weight is 276 g/mol. The number of nitrogens with one attached hydrogen (secondary N) is 1. The van der Waals surface area contributed by atoms with Gasteiger partial charge in [0.15, 0.2) is 0 Å². The quantitative estimate of drug-likeness (QED) is 0.858. The summed E-state index contributed by atoms with van der Waals surface area (Å²) in [5.41, 5.74) is 3.64. The van der Waals surface area contributed by atoms with Gasteiger partial charge in [-0.25, -0.2) is 4.68 Å². The molecule has 0 saturated carbocycles. The highest BCUT2D eigenvalue weighted by Crippen LogP contribution is 2.35. The number of benzene rings is 1. The van der Waals surface area contributed by atoms with Gasteiger partial charge in [-0.05, 0) is 30.7 Å². The molecule has 2 heterocycles. The molecule has 0 radical (unpaired) electrons. The highest BCUT2D eigenvalue weighted by molar-refractivity contribution is 6.30. The third-order valence-electron chi connectivity index (χ3n) is 3.43. The Morgan fingerprint density at radius 1 is 1.21 bits per heavy atom. The Morgan fingerprint density at radius 2 is 1.89 bits per heavy atom. The van der Waals surface area contributed by atoms with Gasteiger partial charge in [-0.1, -0.05) is 32.4 Å². The lowest BCUT2D eigenvalue weighted by Crippen LogP contribution is -2.15. The van der Waals surface area contributed by atoms with Gasteiger partial charge < -0.3 is 5.32 Å². The normalized spacial score (nSPS) is 14.3. The largest absolute Gasteiger partial charge is 0.369 e. The zero-order valence-electron chi connectivity index (χ0n) is 11.5. The van der Waals surface area contributed by atoms with E-state index in [1.54, 1.807) is 0 Å². The summed E-state index contributed by atoms with van der Waals surface area (Å²) in [4.78, 5) is 0. The van der Waals surface area contributed by atoms with E-state index >= 15 is 0 Å². The average Bonchev–Trinajstić information content (AvgIpc) is 2.89. The molecular weight excluding hydrogens is 258 g/mol. The second-order valence-corrected chi connectivity index (χ2v) is 6.43. The van der Waals surface area contributed by atoms with Crippen LogP contribution in [0, 0.1) is 0 Å². The Morgan fingerprint density at radius 3 is 2.53 bits per heavy atom. The standard InChI is InChI=1S/C15H18ClN3/c1-15(2,3)13-12-8-9-17-14(12)19(18-13)11-6-4-10(16)5-7-11/h4-7,17H,8-9H2,1-3H3. The lowest BCUT2D eigenvalue weighted by atomic mass is 9.89. The molecule has 0 bridgehead atoms. The molecule has 1 aromatic carbocycles. The highest BCUT2D eigenvalue weighted by Gasteiger charge is 2.29. The number of rotatable bonds is 1. The van der Waals surface area contributed by atoms with Crippen molar-refractivity contribution in [3.05, 3.63) is 40.5 Å². The molecule has 0 fully saturated rings. The second kappa shape index (κ2) is 4.27. The van der Waals surface area contributed by atoms with Gasteiger partial charge in [-0.15, -0.1) is 0 Å². The van der Waals surface area contributed by atoms with Crippen molar-refractivity contribution < 1.29 is 0 Å². The van der Waals surface area contributed by atoms with Crippen LogP contribution in [0.4, 0.5) is 5.82 Å². The monoisotopic (exact) mass is 275 g/mol. The Hall–Kier alpha value is -1.48. The molecule has 0 unspecified atom stereocenters. The molecule has 0 spiro atoms. The summed E-state index contributed by atoms with van der Waals surface area (Å²) in [7, 11) is 0. The summed E-state index contributed by atoms with van der Waals surface area (Å²) in [6.45, 7) is 7.62.